The second kappa shape index (κ2) is 6.55. The van der Waals surface area contributed by atoms with Gasteiger partial charge in [0, 0.05) is 10.5 Å². The van der Waals surface area contributed by atoms with Gasteiger partial charge in [-0.25, -0.2) is 0 Å². The molecule has 2 nitrogen and oxygen atoms in total. The lowest BCUT2D eigenvalue weighted by molar-refractivity contribution is 0.300. The van der Waals surface area contributed by atoms with E-state index in [-0.39, 0.29) is 6.04 Å². The van der Waals surface area contributed by atoms with E-state index in [4.69, 9.17) is 10.5 Å². The van der Waals surface area contributed by atoms with Crippen molar-refractivity contribution in [2.24, 2.45) is 5.73 Å². The van der Waals surface area contributed by atoms with Crippen molar-refractivity contribution in [1.82, 2.24) is 0 Å². The summed E-state index contributed by atoms with van der Waals surface area (Å²) in [5, 5.41) is 4.18. The zero-order valence-corrected chi connectivity index (χ0v) is 13.6. The van der Waals surface area contributed by atoms with Crippen molar-refractivity contribution in [2.45, 2.75) is 32.9 Å². The second-order valence-electron chi connectivity index (χ2n) is 4.81. The van der Waals surface area contributed by atoms with Crippen molar-refractivity contribution >= 4 is 27.3 Å². The Balaban J connectivity index is 2.21. The lowest BCUT2D eigenvalue weighted by Gasteiger charge is -2.16. The average Bonchev–Trinajstić information content (AvgIpc) is 2.79. The molecule has 1 atom stereocenters. The predicted molar refractivity (Wildman–Crippen MR) is 84.9 cm³/mol. The molecule has 0 bridgehead atoms. The molecule has 2 aromatic rings. The summed E-state index contributed by atoms with van der Waals surface area (Å²) in [6.07, 6.45) is 0.819. The molecule has 0 spiro atoms. The zero-order chi connectivity index (χ0) is 13.8. The first kappa shape index (κ1) is 14.6. The van der Waals surface area contributed by atoms with Crippen LogP contribution in [0, 0.1) is 6.92 Å². The highest BCUT2D eigenvalue weighted by atomic mass is 79.9. The molecular formula is C15H18BrNOS. The van der Waals surface area contributed by atoms with E-state index < -0.39 is 0 Å². The Morgan fingerprint density at radius 3 is 2.84 bits per heavy atom. The largest absolute Gasteiger partial charge is 0.488 e. The van der Waals surface area contributed by atoms with Crippen LogP contribution < -0.4 is 10.5 Å². The monoisotopic (exact) mass is 339 g/mol. The molecule has 1 aromatic carbocycles. The van der Waals surface area contributed by atoms with Crippen LogP contribution in [0.1, 0.15) is 23.6 Å². The first-order chi connectivity index (χ1) is 9.06. The first-order valence-electron chi connectivity index (χ1n) is 6.24. The first-order valence-corrected chi connectivity index (χ1v) is 7.98. The van der Waals surface area contributed by atoms with E-state index in [9.17, 15) is 0 Å². The molecule has 1 unspecified atom stereocenters. The number of benzene rings is 1. The van der Waals surface area contributed by atoms with Crippen LogP contribution in [0.3, 0.4) is 0 Å². The Kier molecular flexibility index (Phi) is 5.02. The van der Waals surface area contributed by atoms with E-state index in [1.165, 1.54) is 5.56 Å². The lowest BCUT2D eigenvalue weighted by Crippen LogP contribution is -2.18. The lowest BCUT2D eigenvalue weighted by atomic mass is 10.0. The van der Waals surface area contributed by atoms with Crippen LogP contribution in [0.2, 0.25) is 0 Å². The van der Waals surface area contributed by atoms with Gasteiger partial charge in [0.25, 0.3) is 0 Å². The van der Waals surface area contributed by atoms with Gasteiger partial charge in [0.2, 0.25) is 0 Å². The molecule has 102 valence electrons. The molecule has 4 heteroatoms. The van der Waals surface area contributed by atoms with Gasteiger partial charge in [0.15, 0.2) is 0 Å². The smallest absolute Gasteiger partial charge is 0.126 e. The van der Waals surface area contributed by atoms with Crippen LogP contribution in [0.5, 0.6) is 5.75 Å². The Morgan fingerprint density at radius 2 is 2.21 bits per heavy atom. The van der Waals surface area contributed by atoms with Crippen LogP contribution in [0.25, 0.3) is 0 Å². The minimum Gasteiger partial charge on any atom is -0.488 e. The fourth-order valence-corrected chi connectivity index (χ4v) is 3.31. The Bertz CT molecular complexity index is 537. The highest BCUT2D eigenvalue weighted by molar-refractivity contribution is 9.10. The minimum absolute atomic E-state index is 0.122. The van der Waals surface area contributed by atoms with Gasteiger partial charge in [0.1, 0.15) is 12.4 Å². The molecule has 0 saturated heterocycles. The van der Waals surface area contributed by atoms with Gasteiger partial charge in [-0.15, -0.1) is 0 Å². The van der Waals surface area contributed by atoms with E-state index >= 15 is 0 Å². The number of ether oxygens (including phenoxy) is 1. The number of thiophene rings is 1. The van der Waals surface area contributed by atoms with Gasteiger partial charge in [0.05, 0.1) is 0 Å². The highest BCUT2D eigenvalue weighted by Crippen LogP contribution is 2.29. The van der Waals surface area contributed by atoms with E-state index in [1.807, 2.05) is 6.92 Å². The number of nitrogens with two attached hydrogens (primary N) is 1. The number of rotatable bonds is 5. The molecule has 0 fully saturated rings. The van der Waals surface area contributed by atoms with Gasteiger partial charge >= 0.3 is 0 Å². The van der Waals surface area contributed by atoms with E-state index in [0.29, 0.717) is 6.61 Å². The van der Waals surface area contributed by atoms with Crippen molar-refractivity contribution in [3.8, 4) is 5.75 Å². The molecule has 0 aliphatic heterocycles. The third-order valence-electron chi connectivity index (χ3n) is 2.82. The summed E-state index contributed by atoms with van der Waals surface area (Å²) in [7, 11) is 0. The van der Waals surface area contributed by atoms with E-state index in [1.54, 1.807) is 11.3 Å². The molecular weight excluding hydrogens is 322 g/mol. The highest BCUT2D eigenvalue weighted by Gasteiger charge is 2.11. The number of hydrogen-bond donors (Lipinski definition) is 1. The standard InChI is InChI=1S/C15H18BrNOS/c1-10-5-14(16)7-13(6-11(2)17)15(10)18-8-12-3-4-19-9-12/h3-5,7,9,11H,6,8,17H2,1-2H3. The quantitative estimate of drug-likeness (QED) is 0.881. The van der Waals surface area contributed by atoms with Gasteiger partial charge in [-0.2, -0.15) is 11.3 Å². The van der Waals surface area contributed by atoms with E-state index in [0.717, 1.165) is 27.8 Å². The molecule has 0 aliphatic rings. The molecule has 2 rings (SSSR count). The molecule has 0 saturated carbocycles. The van der Waals surface area contributed by atoms with Crippen molar-refractivity contribution in [1.29, 1.82) is 0 Å². The summed E-state index contributed by atoms with van der Waals surface area (Å²) < 4.78 is 7.07. The van der Waals surface area contributed by atoms with Crippen LogP contribution in [-0.2, 0) is 13.0 Å². The third-order valence-corrected chi connectivity index (χ3v) is 4.01. The molecule has 0 radical (unpaired) electrons. The van der Waals surface area contributed by atoms with Gasteiger partial charge in [-0.3, -0.25) is 0 Å². The second-order valence-corrected chi connectivity index (χ2v) is 6.51. The summed E-state index contributed by atoms with van der Waals surface area (Å²) in [4.78, 5) is 0. The Hall–Kier alpha value is -0.840. The summed E-state index contributed by atoms with van der Waals surface area (Å²) in [6, 6.07) is 6.38. The average molecular weight is 340 g/mol. The van der Waals surface area contributed by atoms with Crippen molar-refractivity contribution in [3.05, 3.63) is 50.1 Å². The van der Waals surface area contributed by atoms with Gasteiger partial charge < -0.3 is 10.5 Å². The number of aryl methyl sites for hydroxylation is 1. The van der Waals surface area contributed by atoms with Crippen LogP contribution in [0.4, 0.5) is 0 Å². The Labute approximate surface area is 126 Å². The molecule has 19 heavy (non-hydrogen) atoms. The van der Waals surface area contributed by atoms with Crippen molar-refractivity contribution < 1.29 is 4.74 Å². The van der Waals surface area contributed by atoms with Crippen LogP contribution in [0.15, 0.2) is 33.4 Å². The fourth-order valence-electron chi connectivity index (χ4n) is 2.03. The number of hydrogen-bond acceptors (Lipinski definition) is 3. The molecule has 0 amide bonds. The topological polar surface area (TPSA) is 35.2 Å². The van der Waals surface area contributed by atoms with E-state index in [2.05, 4.69) is 51.8 Å². The van der Waals surface area contributed by atoms with Crippen LogP contribution in [-0.4, -0.2) is 6.04 Å². The maximum absolute atomic E-state index is 6.00. The molecule has 1 aromatic heterocycles. The SMILES string of the molecule is Cc1cc(Br)cc(CC(C)N)c1OCc1ccsc1. The summed E-state index contributed by atoms with van der Waals surface area (Å²) in [6.45, 7) is 4.69. The summed E-state index contributed by atoms with van der Waals surface area (Å²) >= 11 is 5.22. The van der Waals surface area contributed by atoms with Crippen molar-refractivity contribution in [2.75, 3.05) is 0 Å². The maximum Gasteiger partial charge on any atom is 0.126 e. The summed E-state index contributed by atoms with van der Waals surface area (Å²) in [5.41, 5.74) is 9.43. The minimum atomic E-state index is 0.122. The maximum atomic E-state index is 6.00. The molecule has 1 heterocycles. The fraction of sp³-hybridized carbons (Fsp3) is 0.333. The zero-order valence-electron chi connectivity index (χ0n) is 11.2. The normalized spacial score (nSPS) is 12.4. The summed E-state index contributed by atoms with van der Waals surface area (Å²) in [5.74, 6) is 0.965. The van der Waals surface area contributed by atoms with Crippen molar-refractivity contribution in [3.63, 3.8) is 0 Å². The molecule has 0 aliphatic carbocycles. The van der Waals surface area contributed by atoms with Gasteiger partial charge in [-0.1, -0.05) is 15.9 Å². The Morgan fingerprint density at radius 1 is 1.42 bits per heavy atom. The number of halogens is 1. The predicted octanol–water partition coefficient (Wildman–Crippen LogP) is 4.29. The molecule has 2 N–H and O–H groups in total. The van der Waals surface area contributed by atoms with Crippen LogP contribution >= 0.6 is 27.3 Å². The third kappa shape index (κ3) is 4.06. The van der Waals surface area contributed by atoms with Gasteiger partial charge in [-0.05, 0) is 65.9 Å².